The van der Waals surface area contributed by atoms with Gasteiger partial charge in [-0.1, -0.05) is 81.4 Å². The van der Waals surface area contributed by atoms with Gasteiger partial charge in [0.2, 0.25) is 11.6 Å². The summed E-state index contributed by atoms with van der Waals surface area (Å²) in [5.41, 5.74) is 8.59. The monoisotopic (exact) mass is 791 g/mol. The summed E-state index contributed by atoms with van der Waals surface area (Å²) in [4.78, 5) is 33.3. The number of ketones is 2. The molecule has 0 radical (unpaired) electrons. The highest BCUT2D eigenvalue weighted by molar-refractivity contribution is 6.74. The van der Waals surface area contributed by atoms with Gasteiger partial charge in [0.25, 0.3) is 5.88 Å². The lowest BCUT2D eigenvalue weighted by Gasteiger charge is -2.53. The Bertz CT molecular complexity index is 2320. The van der Waals surface area contributed by atoms with Crippen molar-refractivity contribution in [2.24, 2.45) is 23.5 Å². The first-order valence-electron chi connectivity index (χ1n) is 20.0. The minimum Gasteiger partial charge on any atom is -0.507 e. The van der Waals surface area contributed by atoms with Gasteiger partial charge >= 0.3 is 0 Å². The molecule has 0 bridgehead atoms. The van der Waals surface area contributed by atoms with E-state index in [1.165, 1.54) is 0 Å². The lowest BCUT2D eigenvalue weighted by Crippen LogP contribution is -2.68. The molecule has 2 fully saturated rings. The van der Waals surface area contributed by atoms with Crippen LogP contribution in [-0.4, -0.2) is 54.2 Å². The smallest absolute Gasteiger partial charge is 0.265 e. The number of ether oxygens (including phenoxy) is 2. The Balaban J connectivity index is 1.21. The summed E-state index contributed by atoms with van der Waals surface area (Å²) in [5, 5.41) is 16.4. The van der Waals surface area contributed by atoms with Crippen molar-refractivity contribution in [2.45, 2.75) is 95.5 Å². The second kappa shape index (κ2) is 13.5. The molecule has 3 N–H and O–H groups in total. The lowest BCUT2D eigenvalue weighted by atomic mass is 9.57. The molecule has 6 atom stereocenters. The summed E-state index contributed by atoms with van der Waals surface area (Å²) >= 11 is 0. The molecule has 57 heavy (non-hydrogen) atoms. The maximum Gasteiger partial charge on any atom is 0.265 e. The van der Waals surface area contributed by atoms with Gasteiger partial charge in [-0.25, -0.2) is 4.39 Å². The van der Waals surface area contributed by atoms with Crippen molar-refractivity contribution in [3.8, 4) is 11.6 Å². The van der Waals surface area contributed by atoms with Gasteiger partial charge in [-0.3, -0.25) is 14.5 Å². The third-order valence-corrected chi connectivity index (χ3v) is 18.3. The molecule has 4 aromatic rings. The number of nitrogens with zero attached hydrogens (tertiary/aromatic N) is 2. The van der Waals surface area contributed by atoms with Gasteiger partial charge in [-0.15, -0.1) is 0 Å². The van der Waals surface area contributed by atoms with Gasteiger partial charge < -0.3 is 29.3 Å². The van der Waals surface area contributed by atoms with E-state index in [-0.39, 0.29) is 77.9 Å². The number of hydrogen-bond donors (Lipinski definition) is 2. The zero-order valence-corrected chi connectivity index (χ0v) is 34.4. The first-order valence-corrected chi connectivity index (χ1v) is 22.9. The number of Topliss-reactive ketones (excluding diaryl/α,β-unsaturated/α-hetero) is 2. The molecule has 298 valence electrons. The van der Waals surface area contributed by atoms with Crippen LogP contribution in [-0.2, 0) is 35.3 Å². The largest absolute Gasteiger partial charge is 0.507 e. The van der Waals surface area contributed by atoms with Crippen LogP contribution in [0.15, 0.2) is 70.8 Å². The summed E-state index contributed by atoms with van der Waals surface area (Å²) in [5.74, 6) is -2.93. The summed E-state index contributed by atoms with van der Waals surface area (Å²) in [7, 11) is -0.923. The van der Waals surface area contributed by atoms with Crippen LogP contribution in [0.1, 0.15) is 95.2 Å². The van der Waals surface area contributed by atoms with Crippen LogP contribution in [0.3, 0.4) is 0 Å². The van der Waals surface area contributed by atoms with Crippen LogP contribution in [0.5, 0.6) is 11.6 Å². The van der Waals surface area contributed by atoms with Crippen LogP contribution in [0, 0.1) is 23.6 Å². The average molecular weight is 792 g/mol. The molecule has 2 heterocycles. The van der Waals surface area contributed by atoms with Crippen LogP contribution in [0.4, 0.5) is 4.39 Å². The predicted molar refractivity (Wildman–Crippen MR) is 214 cm³/mol. The van der Waals surface area contributed by atoms with Gasteiger partial charge in [0.15, 0.2) is 19.7 Å². The molecule has 12 heteroatoms. The molecule has 5 aliphatic rings. The van der Waals surface area contributed by atoms with Gasteiger partial charge in [0.1, 0.15) is 36.1 Å². The van der Waals surface area contributed by atoms with E-state index in [2.05, 4.69) is 10.1 Å². The van der Waals surface area contributed by atoms with Gasteiger partial charge in [-0.05, 0) is 85.5 Å². The predicted octanol–water partition coefficient (Wildman–Crippen LogP) is 8.21. The molecule has 0 spiro atoms. The van der Waals surface area contributed by atoms with Crippen molar-refractivity contribution < 1.29 is 37.5 Å². The second-order valence-electron chi connectivity index (χ2n) is 18.1. The summed E-state index contributed by atoms with van der Waals surface area (Å²) < 4.78 is 43.0. The molecule has 1 aromatic heterocycles. The number of rotatable bonds is 8. The van der Waals surface area contributed by atoms with E-state index in [1.807, 2.05) is 102 Å². The minimum atomic E-state index is -2.95. The van der Waals surface area contributed by atoms with Crippen molar-refractivity contribution in [3.05, 3.63) is 117 Å². The van der Waals surface area contributed by atoms with Crippen molar-refractivity contribution in [1.82, 2.24) is 10.1 Å². The van der Waals surface area contributed by atoms with E-state index in [4.69, 9.17) is 24.2 Å². The van der Waals surface area contributed by atoms with Crippen LogP contribution in [0.25, 0.3) is 5.76 Å². The van der Waals surface area contributed by atoms with E-state index in [9.17, 15) is 5.11 Å². The van der Waals surface area contributed by atoms with E-state index in [1.54, 1.807) is 0 Å². The number of benzene rings is 3. The highest BCUT2D eigenvalue weighted by Crippen LogP contribution is 2.60. The number of aromatic nitrogens is 1. The van der Waals surface area contributed by atoms with E-state index >= 15 is 14.0 Å². The summed E-state index contributed by atoms with van der Waals surface area (Å²) in [6.45, 7) is 11.2. The second-order valence-corrected chi connectivity index (χ2v) is 22.9. The SMILES string of the molecule is CN1CCC2Cc3c(OCc4ccccc4)c4c(c(F)c3C21)C[C@H]1C[C@H]2[C@H](N)c3onc(OCc5ccccc5)c3C(=O)C2(O[Si](C)(C)C(C)(C)C)C(=O)C1=C4O. The van der Waals surface area contributed by atoms with Crippen molar-refractivity contribution >= 4 is 25.6 Å². The third kappa shape index (κ3) is 5.69. The maximum absolute atomic E-state index is 17.3. The third-order valence-electron chi connectivity index (χ3n) is 13.8. The number of aliphatic hydroxyl groups is 1. The number of carbonyl (C=O) groups is 2. The lowest BCUT2D eigenvalue weighted by molar-refractivity contribution is -0.138. The Hall–Kier alpha value is -4.62. The molecule has 3 unspecified atom stereocenters. The van der Waals surface area contributed by atoms with E-state index < -0.39 is 48.4 Å². The normalized spacial score (nSPS) is 26.7. The van der Waals surface area contributed by atoms with Crippen LogP contribution >= 0.6 is 0 Å². The highest BCUT2D eigenvalue weighted by atomic mass is 28.4. The fraction of sp³-hybridized carbons (Fsp3) is 0.444. The van der Waals surface area contributed by atoms with E-state index in [0.29, 0.717) is 23.3 Å². The highest BCUT2D eigenvalue weighted by Gasteiger charge is 2.68. The van der Waals surface area contributed by atoms with Gasteiger partial charge in [0, 0.05) is 34.2 Å². The number of fused-ring (bicyclic) bond motifs is 7. The van der Waals surface area contributed by atoms with Crippen LogP contribution < -0.4 is 15.2 Å². The van der Waals surface area contributed by atoms with Crippen molar-refractivity contribution in [3.63, 3.8) is 0 Å². The number of nitrogens with two attached hydrogens (primary N) is 1. The number of aliphatic hydroxyl groups excluding tert-OH is 1. The van der Waals surface area contributed by atoms with E-state index in [0.717, 1.165) is 29.7 Å². The van der Waals surface area contributed by atoms with Crippen LogP contribution in [0.2, 0.25) is 18.1 Å². The number of hydrogen-bond acceptors (Lipinski definition) is 10. The Labute approximate surface area is 333 Å². The van der Waals surface area contributed by atoms with Gasteiger partial charge in [0.05, 0.1) is 11.6 Å². The molecule has 1 saturated carbocycles. The molecule has 1 aliphatic heterocycles. The topological polar surface area (TPSA) is 137 Å². The number of carbonyl (C=O) groups excluding carboxylic acids is 2. The molecule has 1 saturated heterocycles. The van der Waals surface area contributed by atoms with Crippen molar-refractivity contribution in [2.75, 3.05) is 13.6 Å². The Morgan fingerprint density at radius 1 is 0.965 bits per heavy atom. The zero-order chi connectivity index (χ0) is 40.2. The molecular formula is C45H50FN3O7Si. The number of likely N-dealkylation sites (tertiary alicyclic amines) is 1. The first kappa shape index (κ1) is 37.9. The first-order chi connectivity index (χ1) is 27.1. The molecule has 9 rings (SSSR count). The average Bonchev–Trinajstić information content (AvgIpc) is 3.89. The quantitative estimate of drug-likeness (QED) is 0.133. The Kier molecular flexibility index (Phi) is 8.96. The summed E-state index contributed by atoms with van der Waals surface area (Å²) in [6.07, 6.45) is 1.79. The number of halogens is 1. The minimum absolute atomic E-state index is 0.0251. The molecular weight excluding hydrogens is 742 g/mol. The zero-order valence-electron chi connectivity index (χ0n) is 33.4. The molecule has 10 nitrogen and oxygen atoms in total. The molecule has 4 aliphatic carbocycles. The summed E-state index contributed by atoms with van der Waals surface area (Å²) in [6, 6.07) is 18.0. The maximum atomic E-state index is 17.3. The fourth-order valence-electron chi connectivity index (χ4n) is 9.94. The standard InChI is InChI=1S/C45H50FN3O7Si/c1-44(2,3)57(5,6)56-45-30(36(47)40-34(42(45)52)43(48-55-40)54-23-25-15-11-8-12-16-25)21-27-20-28-33(38(50)31(27)41(45)51)39(53-22-24-13-9-7-10-14-24)29-19-26-17-18-49(4)37(26)32(29)35(28)46/h7-16,26-27,30,36-37,50H,17-23,47H2,1-6H3/t26?,27-,30-,36-,37?,45?/m0/s1. The Morgan fingerprint density at radius 3 is 2.26 bits per heavy atom. The van der Waals surface area contributed by atoms with Crippen molar-refractivity contribution in [1.29, 1.82) is 0 Å². The molecule has 3 aromatic carbocycles. The molecule has 0 amide bonds. The Morgan fingerprint density at radius 2 is 1.61 bits per heavy atom. The fourth-order valence-corrected chi connectivity index (χ4v) is 11.4. The van der Waals surface area contributed by atoms with Gasteiger partial charge in [-0.2, -0.15) is 0 Å².